The van der Waals surface area contributed by atoms with E-state index in [9.17, 15) is 26.3 Å². The summed E-state index contributed by atoms with van der Waals surface area (Å²) in [6, 6.07) is 9.08. The first-order valence-corrected chi connectivity index (χ1v) is 11.6. The second-order valence-electron chi connectivity index (χ2n) is 8.41. The molecule has 0 amide bonds. The van der Waals surface area contributed by atoms with E-state index >= 15 is 0 Å². The van der Waals surface area contributed by atoms with Crippen LogP contribution in [0.2, 0.25) is 0 Å². The van der Waals surface area contributed by atoms with Crippen LogP contribution >= 0.6 is 0 Å². The largest absolute Gasteiger partial charge is 0.490 e. The summed E-state index contributed by atoms with van der Waals surface area (Å²) in [5.41, 5.74) is 3.33. The smallest absolute Gasteiger partial charge is 0.475 e. The molecule has 1 aliphatic rings. The summed E-state index contributed by atoms with van der Waals surface area (Å²) < 4.78 is 67.5. The van der Waals surface area contributed by atoms with E-state index < -0.39 is 24.3 Å². The Labute approximate surface area is 223 Å². The van der Waals surface area contributed by atoms with Crippen molar-refractivity contribution in [1.29, 1.82) is 0 Å². The van der Waals surface area contributed by atoms with Gasteiger partial charge >= 0.3 is 24.3 Å². The lowest BCUT2D eigenvalue weighted by Gasteiger charge is -2.31. The molecule has 0 saturated carbocycles. The Morgan fingerprint density at radius 2 is 1.50 bits per heavy atom. The van der Waals surface area contributed by atoms with Gasteiger partial charge in [-0.25, -0.2) is 19.3 Å². The number of piperidine rings is 1. The lowest BCUT2D eigenvalue weighted by molar-refractivity contribution is -0.193. The van der Waals surface area contributed by atoms with Gasteiger partial charge in [0, 0.05) is 56.9 Å². The molecule has 0 spiro atoms. The fourth-order valence-electron chi connectivity index (χ4n) is 3.51. The maximum atomic E-state index is 10.6. The number of nitrogens with zero attached hydrogens (tertiary/aromatic N) is 6. The number of alkyl halides is 6. The predicted molar refractivity (Wildman–Crippen MR) is 125 cm³/mol. The number of halogens is 6. The van der Waals surface area contributed by atoms with Gasteiger partial charge in [-0.05, 0) is 30.5 Å². The molecule has 0 bridgehead atoms. The molecular weight excluding hydrogens is 554 g/mol. The van der Waals surface area contributed by atoms with Crippen LogP contribution in [-0.4, -0.2) is 88.8 Å². The lowest BCUT2D eigenvalue weighted by atomic mass is 10.0. The minimum atomic E-state index is -5.08. The average molecular weight is 580 g/mol. The first-order chi connectivity index (χ1) is 18.7. The van der Waals surface area contributed by atoms with Gasteiger partial charge in [0.1, 0.15) is 0 Å². The van der Waals surface area contributed by atoms with Crippen molar-refractivity contribution in [2.75, 3.05) is 19.7 Å². The fourth-order valence-corrected chi connectivity index (χ4v) is 3.51. The van der Waals surface area contributed by atoms with Crippen LogP contribution in [0, 0.1) is 0 Å². The lowest BCUT2D eigenvalue weighted by Crippen LogP contribution is -2.34. The highest BCUT2D eigenvalue weighted by atomic mass is 19.4. The Hall–Kier alpha value is -3.99. The van der Waals surface area contributed by atoms with Gasteiger partial charge in [-0.1, -0.05) is 17.3 Å². The molecule has 1 aromatic carbocycles. The van der Waals surface area contributed by atoms with Gasteiger partial charge in [0.15, 0.2) is 0 Å². The van der Waals surface area contributed by atoms with Gasteiger partial charge in [-0.15, -0.1) is 5.10 Å². The van der Waals surface area contributed by atoms with E-state index in [-0.39, 0.29) is 6.61 Å². The van der Waals surface area contributed by atoms with E-state index in [0.717, 1.165) is 43.9 Å². The molecular formula is C23H26F6N6O5. The Morgan fingerprint density at radius 3 is 1.95 bits per heavy atom. The summed E-state index contributed by atoms with van der Waals surface area (Å²) in [5.74, 6) is -5.51. The van der Waals surface area contributed by atoms with Gasteiger partial charge < -0.3 is 19.9 Å². The third-order valence-electron chi connectivity index (χ3n) is 5.49. The molecule has 17 heteroatoms. The van der Waals surface area contributed by atoms with Gasteiger partial charge in [0.2, 0.25) is 0 Å². The first-order valence-electron chi connectivity index (χ1n) is 11.6. The van der Waals surface area contributed by atoms with Crippen LogP contribution in [0.3, 0.4) is 0 Å². The van der Waals surface area contributed by atoms with Crippen molar-refractivity contribution in [3.8, 4) is 5.69 Å². The first kappa shape index (κ1) is 32.2. The van der Waals surface area contributed by atoms with Crippen molar-refractivity contribution in [3.05, 3.63) is 60.4 Å². The summed E-state index contributed by atoms with van der Waals surface area (Å²) >= 11 is 0. The van der Waals surface area contributed by atoms with Crippen LogP contribution < -0.4 is 0 Å². The van der Waals surface area contributed by atoms with Gasteiger partial charge in [-0.3, -0.25) is 4.90 Å². The van der Waals surface area contributed by atoms with Crippen LogP contribution in [0.25, 0.3) is 5.69 Å². The Kier molecular flexibility index (Phi) is 11.6. The average Bonchev–Trinajstić information content (AvgIpc) is 3.58. The van der Waals surface area contributed by atoms with Crippen LogP contribution in [0.15, 0.2) is 49.2 Å². The highest BCUT2D eigenvalue weighted by molar-refractivity contribution is 5.73. The number of aromatic nitrogens is 5. The van der Waals surface area contributed by atoms with Crippen LogP contribution in [-0.2, 0) is 22.6 Å². The highest BCUT2D eigenvalue weighted by Crippen LogP contribution is 2.23. The van der Waals surface area contributed by atoms with E-state index in [0.29, 0.717) is 12.5 Å². The van der Waals surface area contributed by atoms with Crippen molar-refractivity contribution in [2.24, 2.45) is 0 Å². The molecule has 3 N–H and O–H groups in total. The van der Waals surface area contributed by atoms with Crippen molar-refractivity contribution in [1.82, 2.24) is 29.4 Å². The molecule has 1 fully saturated rings. The molecule has 4 rings (SSSR count). The fraction of sp³-hybridized carbons (Fsp3) is 0.435. The summed E-state index contributed by atoms with van der Waals surface area (Å²) in [4.78, 5) is 24.4. The van der Waals surface area contributed by atoms with Crippen molar-refractivity contribution >= 4 is 11.9 Å². The van der Waals surface area contributed by atoms with Gasteiger partial charge in [0.05, 0.1) is 18.1 Å². The topological polar surface area (TPSA) is 147 Å². The highest BCUT2D eigenvalue weighted by Gasteiger charge is 2.38. The number of carboxylic acid groups (broad SMARTS) is 2. The number of carboxylic acids is 2. The quantitative estimate of drug-likeness (QED) is 0.374. The molecule has 2 aromatic heterocycles. The number of aliphatic hydroxyl groups is 1. The third-order valence-corrected chi connectivity index (χ3v) is 5.49. The normalized spacial score (nSPS) is 14.5. The van der Waals surface area contributed by atoms with E-state index in [1.54, 1.807) is 6.20 Å². The molecule has 40 heavy (non-hydrogen) atoms. The summed E-state index contributed by atoms with van der Waals surface area (Å²) in [6.45, 7) is 3.22. The Bertz CT molecular complexity index is 1170. The van der Waals surface area contributed by atoms with Crippen LogP contribution in [0.5, 0.6) is 0 Å². The molecule has 11 nitrogen and oxygen atoms in total. The second-order valence-corrected chi connectivity index (χ2v) is 8.41. The summed E-state index contributed by atoms with van der Waals surface area (Å²) in [5, 5.41) is 31.6. The van der Waals surface area contributed by atoms with E-state index in [1.807, 2.05) is 28.0 Å². The molecule has 3 heterocycles. The number of carbonyl (C=O) groups is 2. The zero-order valence-electron chi connectivity index (χ0n) is 20.8. The van der Waals surface area contributed by atoms with Gasteiger partial charge in [0.25, 0.3) is 0 Å². The summed E-state index contributed by atoms with van der Waals surface area (Å²) in [7, 11) is 0. The number of imidazole rings is 1. The maximum absolute atomic E-state index is 10.6. The standard InChI is InChI=1S/C19H24N6O.2C2HF3O2/c26-12-7-17-14-25(22-21-17)19-5-9-23(10-6-19)13-16-1-3-18(4-2-16)24-11-8-20-15-24;2*3-2(4,5)1(6)7/h1-4,8,11,14-15,19,26H,5-7,9-10,12-13H2;2*(H,6,7). The zero-order chi connectivity index (χ0) is 29.9. The summed E-state index contributed by atoms with van der Waals surface area (Å²) in [6.07, 6.45) is 0.106. The molecule has 220 valence electrons. The van der Waals surface area contributed by atoms with Gasteiger partial charge in [-0.2, -0.15) is 26.3 Å². The van der Waals surface area contributed by atoms with Crippen LogP contribution in [0.4, 0.5) is 26.3 Å². The van der Waals surface area contributed by atoms with E-state index in [4.69, 9.17) is 24.9 Å². The number of likely N-dealkylation sites (tertiary alicyclic amines) is 1. The number of hydrogen-bond acceptors (Lipinski definition) is 7. The molecule has 0 unspecified atom stereocenters. The number of aliphatic hydroxyl groups excluding tert-OH is 1. The van der Waals surface area contributed by atoms with E-state index in [1.165, 1.54) is 5.56 Å². The van der Waals surface area contributed by atoms with Crippen LogP contribution in [0.1, 0.15) is 30.1 Å². The molecule has 0 atom stereocenters. The molecule has 0 radical (unpaired) electrons. The monoisotopic (exact) mass is 580 g/mol. The second kappa shape index (κ2) is 14.4. The van der Waals surface area contributed by atoms with Crippen molar-refractivity contribution in [3.63, 3.8) is 0 Å². The number of hydrogen-bond donors (Lipinski definition) is 3. The number of rotatable bonds is 6. The molecule has 3 aromatic rings. The minimum Gasteiger partial charge on any atom is -0.475 e. The SMILES string of the molecule is O=C(O)C(F)(F)F.O=C(O)C(F)(F)F.OCCc1cn(C2CCN(Cc3ccc(-n4ccnc4)cc3)CC2)nn1. The Morgan fingerprint density at radius 1 is 0.950 bits per heavy atom. The van der Waals surface area contributed by atoms with E-state index in [2.05, 4.69) is 44.5 Å². The zero-order valence-corrected chi connectivity index (χ0v) is 20.8. The Balaban J connectivity index is 0.000000333. The molecule has 1 saturated heterocycles. The molecule has 1 aliphatic heterocycles. The number of aliphatic carboxylic acids is 2. The predicted octanol–water partition coefficient (Wildman–Crippen LogP) is 3.10. The third kappa shape index (κ3) is 10.6. The van der Waals surface area contributed by atoms with Crippen molar-refractivity contribution < 1.29 is 51.3 Å². The maximum Gasteiger partial charge on any atom is 0.490 e. The number of benzene rings is 1. The molecule has 0 aliphatic carbocycles. The van der Waals surface area contributed by atoms with Crippen molar-refractivity contribution in [2.45, 2.75) is 44.2 Å². The minimum absolute atomic E-state index is 0.122.